The summed E-state index contributed by atoms with van der Waals surface area (Å²) >= 11 is 0. The first-order valence-corrected chi connectivity index (χ1v) is 6.72. The molecule has 1 heterocycles. The molecule has 20 heavy (non-hydrogen) atoms. The van der Waals surface area contributed by atoms with E-state index in [1.54, 1.807) is 0 Å². The molecule has 0 aromatic carbocycles. The smallest absolute Gasteiger partial charge is 0.349 e. The van der Waals surface area contributed by atoms with Crippen molar-refractivity contribution in [2.45, 2.75) is 44.8 Å². The van der Waals surface area contributed by atoms with Crippen LogP contribution in [0.15, 0.2) is 18.3 Å². The van der Waals surface area contributed by atoms with Gasteiger partial charge in [-0.05, 0) is 30.9 Å². The molecule has 2 atom stereocenters. The quantitative estimate of drug-likeness (QED) is 0.905. The number of amides is 1. The van der Waals surface area contributed by atoms with Gasteiger partial charge in [-0.1, -0.05) is 19.8 Å². The molecule has 2 rings (SSSR count). The maximum Gasteiger partial charge on any atom is 0.433 e. The standard InChI is InChI=1S/C14H17F3N2O/c1-9-4-2-3-5-11(9)19-13(20)10-6-7-12(18-8-10)14(15,16)17/h6-9,11H,2-5H2,1H3,(H,19,20)/t9-,11+/m1/s1. The van der Waals surface area contributed by atoms with Crippen LogP contribution in [0.1, 0.15) is 48.7 Å². The highest BCUT2D eigenvalue weighted by molar-refractivity contribution is 5.94. The van der Waals surface area contributed by atoms with E-state index in [1.165, 1.54) is 6.07 Å². The van der Waals surface area contributed by atoms with Gasteiger partial charge >= 0.3 is 6.18 Å². The summed E-state index contributed by atoms with van der Waals surface area (Å²) in [7, 11) is 0. The first-order chi connectivity index (χ1) is 9.38. The van der Waals surface area contributed by atoms with Gasteiger partial charge in [0.2, 0.25) is 0 Å². The molecule has 1 aliphatic carbocycles. The average Bonchev–Trinajstić information content (AvgIpc) is 2.40. The molecule has 0 radical (unpaired) electrons. The number of carbonyl (C=O) groups excluding carboxylic acids is 1. The summed E-state index contributed by atoms with van der Waals surface area (Å²) in [5, 5.41) is 2.88. The summed E-state index contributed by atoms with van der Waals surface area (Å²) in [6.45, 7) is 2.08. The van der Waals surface area contributed by atoms with Crippen molar-refractivity contribution in [3.8, 4) is 0 Å². The van der Waals surface area contributed by atoms with Crippen molar-refractivity contribution in [2.24, 2.45) is 5.92 Å². The Morgan fingerprint density at radius 3 is 2.55 bits per heavy atom. The summed E-state index contributed by atoms with van der Waals surface area (Å²) in [6, 6.07) is 2.09. The maximum atomic E-state index is 12.4. The molecule has 1 saturated carbocycles. The lowest BCUT2D eigenvalue weighted by atomic mass is 9.86. The second kappa shape index (κ2) is 5.81. The molecule has 0 bridgehead atoms. The number of hydrogen-bond donors (Lipinski definition) is 1. The fraction of sp³-hybridized carbons (Fsp3) is 0.571. The number of nitrogens with zero attached hydrogens (tertiary/aromatic N) is 1. The van der Waals surface area contributed by atoms with Crippen LogP contribution in [0, 0.1) is 5.92 Å². The number of hydrogen-bond acceptors (Lipinski definition) is 2. The predicted molar refractivity (Wildman–Crippen MR) is 68.1 cm³/mol. The zero-order valence-corrected chi connectivity index (χ0v) is 11.2. The summed E-state index contributed by atoms with van der Waals surface area (Å²) in [6.07, 6.45) is 0.714. The van der Waals surface area contributed by atoms with Crippen LogP contribution in [0.4, 0.5) is 13.2 Å². The number of nitrogens with one attached hydrogen (secondary N) is 1. The van der Waals surface area contributed by atoms with E-state index in [4.69, 9.17) is 0 Å². The number of rotatable bonds is 2. The van der Waals surface area contributed by atoms with Crippen LogP contribution in [0.2, 0.25) is 0 Å². The van der Waals surface area contributed by atoms with Crippen LogP contribution in [0.3, 0.4) is 0 Å². The third-order valence-electron chi connectivity index (χ3n) is 3.74. The van der Waals surface area contributed by atoms with Gasteiger partial charge in [0.05, 0.1) is 5.56 Å². The Labute approximate surface area is 115 Å². The lowest BCUT2D eigenvalue weighted by Crippen LogP contribution is -2.41. The van der Waals surface area contributed by atoms with E-state index < -0.39 is 11.9 Å². The number of aromatic nitrogens is 1. The molecule has 1 fully saturated rings. The van der Waals surface area contributed by atoms with Crippen LogP contribution in [0.25, 0.3) is 0 Å². The lowest BCUT2D eigenvalue weighted by molar-refractivity contribution is -0.141. The van der Waals surface area contributed by atoms with E-state index in [0.29, 0.717) is 5.92 Å². The molecule has 0 saturated heterocycles. The second-order valence-electron chi connectivity index (χ2n) is 5.27. The highest BCUT2D eigenvalue weighted by atomic mass is 19.4. The third kappa shape index (κ3) is 3.49. The molecule has 1 amide bonds. The van der Waals surface area contributed by atoms with Gasteiger partial charge in [-0.25, -0.2) is 0 Å². The summed E-state index contributed by atoms with van der Waals surface area (Å²) in [5.41, 5.74) is -0.823. The minimum atomic E-state index is -4.48. The van der Waals surface area contributed by atoms with Crippen molar-refractivity contribution in [3.63, 3.8) is 0 Å². The van der Waals surface area contributed by atoms with E-state index in [9.17, 15) is 18.0 Å². The summed E-state index contributed by atoms with van der Waals surface area (Å²) in [5.74, 6) is 0.0417. The van der Waals surface area contributed by atoms with Crippen molar-refractivity contribution in [2.75, 3.05) is 0 Å². The Bertz CT molecular complexity index is 470. The zero-order chi connectivity index (χ0) is 14.8. The van der Waals surface area contributed by atoms with Crippen molar-refractivity contribution in [3.05, 3.63) is 29.6 Å². The molecule has 0 spiro atoms. The number of carbonyl (C=O) groups is 1. The van der Waals surface area contributed by atoms with Gasteiger partial charge in [0.15, 0.2) is 0 Å². The molecule has 0 aliphatic heterocycles. The normalized spacial score (nSPS) is 23.4. The number of alkyl halides is 3. The molecule has 1 aromatic heterocycles. The van der Waals surface area contributed by atoms with Crippen LogP contribution >= 0.6 is 0 Å². The minimum absolute atomic E-state index is 0.0959. The van der Waals surface area contributed by atoms with E-state index in [0.717, 1.165) is 37.9 Å². The monoisotopic (exact) mass is 286 g/mol. The molecular formula is C14H17F3N2O. The highest BCUT2D eigenvalue weighted by Gasteiger charge is 2.32. The lowest BCUT2D eigenvalue weighted by Gasteiger charge is -2.29. The molecule has 3 nitrogen and oxygen atoms in total. The fourth-order valence-electron chi connectivity index (χ4n) is 2.48. The van der Waals surface area contributed by atoms with Crippen molar-refractivity contribution in [1.82, 2.24) is 10.3 Å². The average molecular weight is 286 g/mol. The third-order valence-corrected chi connectivity index (χ3v) is 3.74. The van der Waals surface area contributed by atoms with Crippen molar-refractivity contribution >= 4 is 5.91 Å². The molecule has 1 aromatic rings. The van der Waals surface area contributed by atoms with E-state index in [2.05, 4.69) is 17.2 Å². The molecule has 110 valence electrons. The van der Waals surface area contributed by atoms with Gasteiger partial charge in [0.1, 0.15) is 5.69 Å². The SMILES string of the molecule is C[C@@H]1CCCC[C@@H]1NC(=O)c1ccc(C(F)(F)F)nc1. The Morgan fingerprint density at radius 1 is 1.30 bits per heavy atom. The topological polar surface area (TPSA) is 42.0 Å². The summed E-state index contributed by atoms with van der Waals surface area (Å²) in [4.78, 5) is 15.3. The molecule has 6 heteroatoms. The van der Waals surface area contributed by atoms with Gasteiger partial charge in [-0.15, -0.1) is 0 Å². The molecule has 0 unspecified atom stereocenters. The largest absolute Gasteiger partial charge is 0.433 e. The molecule has 1 aliphatic rings. The maximum absolute atomic E-state index is 12.4. The second-order valence-corrected chi connectivity index (χ2v) is 5.27. The van der Waals surface area contributed by atoms with Crippen LogP contribution in [0.5, 0.6) is 0 Å². The van der Waals surface area contributed by atoms with Crippen molar-refractivity contribution in [1.29, 1.82) is 0 Å². The Balaban J connectivity index is 2.02. The Kier molecular flexibility index (Phi) is 4.30. The van der Waals surface area contributed by atoms with Gasteiger partial charge in [0.25, 0.3) is 5.91 Å². The molecule has 1 N–H and O–H groups in total. The Hall–Kier alpha value is -1.59. The summed E-state index contributed by atoms with van der Waals surface area (Å²) < 4.78 is 37.1. The Morgan fingerprint density at radius 2 is 2.00 bits per heavy atom. The fourth-order valence-corrected chi connectivity index (χ4v) is 2.48. The van der Waals surface area contributed by atoms with Crippen molar-refractivity contribution < 1.29 is 18.0 Å². The minimum Gasteiger partial charge on any atom is -0.349 e. The van der Waals surface area contributed by atoms with Gasteiger partial charge in [-0.2, -0.15) is 13.2 Å². The first kappa shape index (κ1) is 14.8. The van der Waals surface area contributed by atoms with Gasteiger partial charge in [-0.3, -0.25) is 9.78 Å². The van der Waals surface area contributed by atoms with Gasteiger partial charge < -0.3 is 5.32 Å². The van der Waals surface area contributed by atoms with Gasteiger partial charge in [0, 0.05) is 12.2 Å². The number of halogens is 3. The van der Waals surface area contributed by atoms with E-state index in [-0.39, 0.29) is 17.5 Å². The molecular weight excluding hydrogens is 269 g/mol. The number of pyridine rings is 1. The highest BCUT2D eigenvalue weighted by Crippen LogP contribution is 2.27. The van der Waals surface area contributed by atoms with Crippen LogP contribution in [-0.2, 0) is 6.18 Å². The van der Waals surface area contributed by atoms with Crippen LogP contribution < -0.4 is 5.32 Å². The zero-order valence-electron chi connectivity index (χ0n) is 11.2. The van der Waals surface area contributed by atoms with Crippen LogP contribution in [-0.4, -0.2) is 16.9 Å². The van der Waals surface area contributed by atoms with E-state index >= 15 is 0 Å². The first-order valence-electron chi connectivity index (χ1n) is 6.72. The predicted octanol–water partition coefficient (Wildman–Crippen LogP) is 3.41. The van der Waals surface area contributed by atoms with E-state index in [1.807, 2.05) is 0 Å².